The Kier molecular flexibility index (Phi) is 3.94. The molecule has 0 radical (unpaired) electrons. The van der Waals surface area contributed by atoms with Gasteiger partial charge in [-0.3, -0.25) is 4.90 Å². The first kappa shape index (κ1) is 11.7. The van der Waals surface area contributed by atoms with Gasteiger partial charge >= 0.3 is 0 Å². The molecule has 0 amide bonds. The van der Waals surface area contributed by atoms with E-state index in [4.69, 9.17) is 23.2 Å². The maximum Gasteiger partial charge on any atom is 0.0558 e. The quantitative estimate of drug-likeness (QED) is 0.749. The van der Waals surface area contributed by atoms with Crippen LogP contribution >= 0.6 is 34.5 Å². The van der Waals surface area contributed by atoms with Gasteiger partial charge in [-0.25, -0.2) is 0 Å². The van der Waals surface area contributed by atoms with Crippen molar-refractivity contribution >= 4 is 34.5 Å². The number of halogens is 2. The van der Waals surface area contributed by atoms with Crippen molar-refractivity contribution in [3.05, 3.63) is 21.3 Å². The lowest BCUT2D eigenvalue weighted by Crippen LogP contribution is -2.29. The molecule has 2 heterocycles. The van der Waals surface area contributed by atoms with Crippen molar-refractivity contribution in [1.29, 1.82) is 0 Å². The van der Waals surface area contributed by atoms with Crippen LogP contribution in [0.15, 0.2) is 11.4 Å². The second-order valence-electron chi connectivity index (χ2n) is 4.11. The molecule has 2 rings (SSSR count). The molecule has 0 aliphatic carbocycles. The third kappa shape index (κ3) is 2.50. The van der Waals surface area contributed by atoms with Crippen LogP contribution in [0.4, 0.5) is 0 Å². The van der Waals surface area contributed by atoms with Gasteiger partial charge in [0.25, 0.3) is 0 Å². The van der Waals surface area contributed by atoms with Crippen LogP contribution in [-0.4, -0.2) is 23.4 Å². The predicted octanol–water partition coefficient (Wildman–Crippen LogP) is 3.85. The average Bonchev–Trinajstić information content (AvgIpc) is 2.77. The minimum atomic E-state index is 0.584. The third-order valence-electron chi connectivity index (χ3n) is 3.28. The molecule has 84 valence electrons. The molecule has 0 aromatic carbocycles. The first-order valence-electron chi connectivity index (χ1n) is 5.24. The van der Waals surface area contributed by atoms with Gasteiger partial charge in [0, 0.05) is 23.3 Å². The minimum absolute atomic E-state index is 0.584. The van der Waals surface area contributed by atoms with Gasteiger partial charge in [0.2, 0.25) is 0 Å². The topological polar surface area (TPSA) is 3.24 Å². The van der Waals surface area contributed by atoms with E-state index in [-0.39, 0.29) is 0 Å². The lowest BCUT2D eigenvalue weighted by atomic mass is 10.1. The fourth-order valence-corrected chi connectivity index (χ4v) is 3.66. The zero-order valence-electron chi connectivity index (χ0n) is 8.75. The van der Waals surface area contributed by atoms with E-state index >= 15 is 0 Å². The van der Waals surface area contributed by atoms with Crippen molar-refractivity contribution in [2.24, 2.45) is 5.92 Å². The van der Waals surface area contributed by atoms with Crippen molar-refractivity contribution in [2.45, 2.75) is 25.9 Å². The summed E-state index contributed by atoms with van der Waals surface area (Å²) in [5.41, 5.74) is 0. The van der Waals surface area contributed by atoms with Gasteiger partial charge in [0.15, 0.2) is 0 Å². The summed E-state index contributed by atoms with van der Waals surface area (Å²) in [6.07, 6.45) is 1.22. The van der Waals surface area contributed by atoms with Crippen LogP contribution in [0.25, 0.3) is 0 Å². The molecule has 0 saturated carbocycles. The number of likely N-dealkylation sites (tertiary alicyclic amines) is 1. The Hall–Kier alpha value is 0.240. The highest BCUT2D eigenvalue weighted by Crippen LogP contribution is 2.30. The first-order valence-corrected chi connectivity index (χ1v) is 7.03. The molecule has 1 fully saturated rings. The molecule has 1 saturated heterocycles. The summed E-state index contributed by atoms with van der Waals surface area (Å²) in [5, 5.41) is 2.96. The summed E-state index contributed by atoms with van der Waals surface area (Å²) in [4.78, 5) is 3.75. The molecular weight excluding hydrogens is 249 g/mol. The summed E-state index contributed by atoms with van der Waals surface area (Å²) in [7, 11) is 0. The standard InChI is InChI=1S/C11H15Cl2NS/c1-8-9(6-12)2-4-14(8)7-11-10(13)3-5-15-11/h3,5,8-9H,2,4,6-7H2,1H3. The highest BCUT2D eigenvalue weighted by molar-refractivity contribution is 7.10. The number of hydrogen-bond donors (Lipinski definition) is 0. The van der Waals surface area contributed by atoms with Crippen molar-refractivity contribution in [3.63, 3.8) is 0 Å². The minimum Gasteiger partial charge on any atom is -0.295 e. The van der Waals surface area contributed by atoms with Gasteiger partial charge < -0.3 is 0 Å². The molecular formula is C11H15Cl2NS. The number of hydrogen-bond acceptors (Lipinski definition) is 2. The van der Waals surface area contributed by atoms with Gasteiger partial charge in [0.05, 0.1) is 5.02 Å². The Balaban J connectivity index is 1.99. The molecule has 1 nitrogen and oxygen atoms in total. The molecule has 15 heavy (non-hydrogen) atoms. The zero-order chi connectivity index (χ0) is 10.8. The van der Waals surface area contributed by atoms with Crippen molar-refractivity contribution in [3.8, 4) is 0 Å². The Bertz CT molecular complexity index is 326. The van der Waals surface area contributed by atoms with Gasteiger partial charge in [-0.2, -0.15) is 0 Å². The summed E-state index contributed by atoms with van der Waals surface area (Å²) < 4.78 is 0. The molecule has 2 unspecified atom stereocenters. The summed E-state index contributed by atoms with van der Waals surface area (Å²) in [6.45, 7) is 4.39. The molecule has 1 aliphatic heterocycles. The van der Waals surface area contributed by atoms with Crippen molar-refractivity contribution in [2.75, 3.05) is 12.4 Å². The molecule has 2 atom stereocenters. The third-order valence-corrected chi connectivity index (χ3v) is 5.05. The lowest BCUT2D eigenvalue weighted by Gasteiger charge is -2.23. The second-order valence-corrected chi connectivity index (χ2v) is 5.82. The van der Waals surface area contributed by atoms with Crippen LogP contribution in [0, 0.1) is 5.92 Å². The van der Waals surface area contributed by atoms with E-state index in [1.54, 1.807) is 11.3 Å². The van der Waals surface area contributed by atoms with Gasteiger partial charge in [-0.1, -0.05) is 11.6 Å². The molecule has 0 spiro atoms. The number of thiophene rings is 1. The van der Waals surface area contributed by atoms with Crippen LogP contribution in [0.3, 0.4) is 0 Å². The van der Waals surface area contributed by atoms with Crippen LogP contribution in [0.2, 0.25) is 5.02 Å². The molecule has 0 bridgehead atoms. The fraction of sp³-hybridized carbons (Fsp3) is 0.636. The van der Waals surface area contributed by atoms with Gasteiger partial charge in [-0.05, 0) is 37.3 Å². The molecule has 1 aromatic heterocycles. The maximum atomic E-state index is 6.09. The lowest BCUT2D eigenvalue weighted by molar-refractivity contribution is 0.242. The van der Waals surface area contributed by atoms with Crippen LogP contribution in [0.5, 0.6) is 0 Å². The summed E-state index contributed by atoms with van der Waals surface area (Å²) in [5.74, 6) is 1.42. The monoisotopic (exact) mass is 263 g/mol. The fourth-order valence-electron chi connectivity index (χ4n) is 2.13. The average molecular weight is 264 g/mol. The normalized spacial score (nSPS) is 27.4. The Morgan fingerprint density at radius 2 is 2.40 bits per heavy atom. The number of alkyl halides is 1. The molecule has 1 aromatic rings. The van der Waals surface area contributed by atoms with Crippen LogP contribution < -0.4 is 0 Å². The Morgan fingerprint density at radius 3 is 2.93 bits per heavy atom. The highest BCUT2D eigenvalue weighted by atomic mass is 35.5. The first-order chi connectivity index (χ1) is 7.22. The molecule has 4 heteroatoms. The van der Waals surface area contributed by atoms with Gasteiger partial charge in [0.1, 0.15) is 0 Å². The van der Waals surface area contributed by atoms with Crippen LogP contribution in [0.1, 0.15) is 18.2 Å². The van der Waals surface area contributed by atoms with Gasteiger partial charge in [-0.15, -0.1) is 22.9 Å². The summed E-state index contributed by atoms with van der Waals surface area (Å²) in [6, 6.07) is 2.56. The van der Waals surface area contributed by atoms with E-state index in [9.17, 15) is 0 Å². The second kappa shape index (κ2) is 5.05. The molecule has 1 aliphatic rings. The highest BCUT2D eigenvalue weighted by Gasteiger charge is 2.30. The van der Waals surface area contributed by atoms with E-state index in [0.29, 0.717) is 12.0 Å². The largest absolute Gasteiger partial charge is 0.295 e. The smallest absolute Gasteiger partial charge is 0.0558 e. The van der Waals surface area contributed by atoms with Crippen molar-refractivity contribution < 1.29 is 0 Å². The van der Waals surface area contributed by atoms with Crippen LogP contribution in [-0.2, 0) is 6.54 Å². The van der Waals surface area contributed by atoms with Crippen molar-refractivity contribution in [1.82, 2.24) is 4.90 Å². The summed E-state index contributed by atoms with van der Waals surface area (Å²) >= 11 is 13.8. The maximum absolute atomic E-state index is 6.09. The molecule has 0 N–H and O–H groups in total. The van der Waals surface area contributed by atoms with E-state index in [2.05, 4.69) is 17.2 Å². The Morgan fingerprint density at radius 1 is 1.60 bits per heavy atom. The van der Waals surface area contributed by atoms with E-state index in [1.807, 2.05) is 6.07 Å². The number of rotatable bonds is 3. The Labute approximate surface area is 105 Å². The van der Waals surface area contributed by atoms with E-state index in [0.717, 1.165) is 24.0 Å². The van der Waals surface area contributed by atoms with E-state index in [1.165, 1.54) is 11.3 Å². The predicted molar refractivity (Wildman–Crippen MR) is 68.0 cm³/mol. The SMILES string of the molecule is CC1C(CCl)CCN1Cc1sccc1Cl. The van der Waals surface area contributed by atoms with E-state index < -0.39 is 0 Å². The number of nitrogens with zero attached hydrogens (tertiary/aromatic N) is 1. The zero-order valence-corrected chi connectivity index (χ0v) is 11.1.